The lowest BCUT2D eigenvalue weighted by molar-refractivity contribution is 0.0750. The number of nitrogens with zero attached hydrogens (tertiary/aromatic N) is 3. The summed E-state index contributed by atoms with van der Waals surface area (Å²) < 4.78 is 0. The van der Waals surface area contributed by atoms with Gasteiger partial charge in [-0.3, -0.25) is 9.59 Å². The fraction of sp³-hybridized carbons (Fsp3) is 0.292. The minimum Gasteiger partial charge on any atom is -0.353 e. The lowest BCUT2D eigenvalue weighted by Crippen LogP contribution is -2.49. The van der Waals surface area contributed by atoms with Crippen LogP contribution in [0.3, 0.4) is 0 Å². The van der Waals surface area contributed by atoms with Crippen molar-refractivity contribution in [2.45, 2.75) is 13.3 Å². The van der Waals surface area contributed by atoms with Crippen LogP contribution in [0.5, 0.6) is 0 Å². The molecule has 8 heteroatoms. The largest absolute Gasteiger partial charge is 0.353 e. The van der Waals surface area contributed by atoms with E-state index in [1.54, 1.807) is 12.3 Å². The number of nitrogens with one attached hydrogen (secondary N) is 1. The highest BCUT2D eigenvalue weighted by atomic mass is 35.5. The number of rotatable bonds is 6. The molecule has 32 heavy (non-hydrogen) atoms. The minimum atomic E-state index is -0.146. The van der Waals surface area contributed by atoms with Gasteiger partial charge in [0.25, 0.3) is 11.8 Å². The lowest BCUT2D eigenvalue weighted by Gasteiger charge is -2.35. The number of benzene rings is 1. The number of carbonyl (C=O) groups excluding carboxylic acids is 2. The van der Waals surface area contributed by atoms with Gasteiger partial charge in [-0.15, -0.1) is 11.3 Å². The first-order valence-corrected chi connectivity index (χ1v) is 11.8. The Morgan fingerprint density at radius 1 is 1.12 bits per heavy atom. The Hall–Kier alpha value is -2.90. The van der Waals surface area contributed by atoms with Gasteiger partial charge >= 0.3 is 0 Å². The molecular weight excluding hydrogens is 444 g/mol. The first-order valence-electron chi connectivity index (χ1n) is 10.6. The molecule has 1 fully saturated rings. The molecule has 1 aromatic carbocycles. The summed E-state index contributed by atoms with van der Waals surface area (Å²) in [4.78, 5) is 34.5. The summed E-state index contributed by atoms with van der Waals surface area (Å²) in [5, 5.41) is 5.57. The second kappa shape index (κ2) is 10.1. The lowest BCUT2D eigenvalue weighted by atomic mass is 10.1. The van der Waals surface area contributed by atoms with Crippen molar-refractivity contribution in [1.29, 1.82) is 0 Å². The van der Waals surface area contributed by atoms with E-state index < -0.39 is 0 Å². The first kappa shape index (κ1) is 22.3. The van der Waals surface area contributed by atoms with Crippen molar-refractivity contribution in [3.63, 3.8) is 0 Å². The van der Waals surface area contributed by atoms with E-state index in [0.717, 1.165) is 21.8 Å². The summed E-state index contributed by atoms with van der Waals surface area (Å²) in [6.07, 6.45) is 2.32. The third kappa shape index (κ3) is 5.29. The van der Waals surface area contributed by atoms with Crippen molar-refractivity contribution < 1.29 is 9.59 Å². The number of hydrogen-bond acceptors (Lipinski definition) is 5. The second-order valence-corrected chi connectivity index (χ2v) is 9.11. The summed E-state index contributed by atoms with van der Waals surface area (Å²) in [5.74, 6) is 0.780. The average Bonchev–Trinajstić information content (AvgIpc) is 3.24. The van der Waals surface area contributed by atoms with Gasteiger partial charge < -0.3 is 15.1 Å². The number of amides is 2. The molecule has 1 N–H and O–H groups in total. The molecule has 4 rings (SSSR count). The second-order valence-electron chi connectivity index (χ2n) is 7.75. The molecule has 0 saturated carbocycles. The zero-order valence-corrected chi connectivity index (χ0v) is 19.5. The van der Waals surface area contributed by atoms with Crippen molar-refractivity contribution in [1.82, 2.24) is 15.2 Å². The van der Waals surface area contributed by atoms with Crippen molar-refractivity contribution in [3.8, 4) is 0 Å². The fourth-order valence-electron chi connectivity index (χ4n) is 3.70. The zero-order chi connectivity index (χ0) is 22.5. The molecule has 3 aromatic rings. The van der Waals surface area contributed by atoms with E-state index in [1.807, 2.05) is 53.6 Å². The van der Waals surface area contributed by atoms with Crippen LogP contribution < -0.4 is 10.2 Å². The quantitative estimate of drug-likeness (QED) is 0.593. The van der Waals surface area contributed by atoms with E-state index in [-0.39, 0.29) is 11.8 Å². The zero-order valence-electron chi connectivity index (χ0n) is 17.9. The Labute approximate surface area is 196 Å². The third-order valence-electron chi connectivity index (χ3n) is 5.55. The number of aromatic nitrogens is 1. The molecule has 2 amide bonds. The predicted molar refractivity (Wildman–Crippen MR) is 129 cm³/mol. The number of thiophene rings is 1. The van der Waals surface area contributed by atoms with Crippen molar-refractivity contribution in [2.24, 2.45) is 0 Å². The first-order chi connectivity index (χ1) is 15.5. The van der Waals surface area contributed by atoms with Crippen molar-refractivity contribution in [2.75, 3.05) is 37.6 Å². The van der Waals surface area contributed by atoms with Gasteiger partial charge in [0.2, 0.25) is 0 Å². The van der Waals surface area contributed by atoms with Gasteiger partial charge in [-0.1, -0.05) is 23.7 Å². The highest BCUT2D eigenvalue weighted by molar-refractivity contribution is 7.12. The van der Waals surface area contributed by atoms with Gasteiger partial charge in [0.05, 0.1) is 10.4 Å². The topological polar surface area (TPSA) is 65.5 Å². The molecule has 0 radical (unpaired) electrons. The number of aryl methyl sites for hydroxylation is 1. The fourth-order valence-corrected chi connectivity index (χ4v) is 4.80. The Kier molecular flexibility index (Phi) is 7.07. The molecule has 1 aliphatic heterocycles. The highest BCUT2D eigenvalue weighted by Gasteiger charge is 2.24. The van der Waals surface area contributed by atoms with E-state index in [4.69, 9.17) is 11.6 Å². The van der Waals surface area contributed by atoms with Crippen LogP contribution >= 0.6 is 22.9 Å². The molecule has 3 heterocycles. The number of hydrogen-bond donors (Lipinski definition) is 1. The molecule has 0 atom stereocenters. The van der Waals surface area contributed by atoms with Gasteiger partial charge in [-0.2, -0.15) is 0 Å². The minimum absolute atomic E-state index is 0.106. The van der Waals surface area contributed by atoms with Crippen LogP contribution in [-0.2, 0) is 6.42 Å². The molecule has 0 unspecified atom stereocenters. The van der Waals surface area contributed by atoms with Gasteiger partial charge in [0.1, 0.15) is 5.82 Å². The van der Waals surface area contributed by atoms with Crippen LogP contribution in [-0.4, -0.2) is 54.4 Å². The Morgan fingerprint density at radius 3 is 2.59 bits per heavy atom. The van der Waals surface area contributed by atoms with E-state index in [0.29, 0.717) is 49.7 Å². The number of piperazine rings is 1. The number of pyridine rings is 1. The third-order valence-corrected chi connectivity index (χ3v) is 6.79. The molecular formula is C24H25ClN4O2S. The van der Waals surface area contributed by atoms with E-state index in [2.05, 4.69) is 15.2 Å². The van der Waals surface area contributed by atoms with Gasteiger partial charge in [0, 0.05) is 43.9 Å². The summed E-state index contributed by atoms with van der Waals surface area (Å²) in [5.41, 5.74) is 2.64. The Balaban J connectivity index is 1.27. The van der Waals surface area contributed by atoms with E-state index in [9.17, 15) is 9.59 Å². The van der Waals surface area contributed by atoms with Gasteiger partial charge in [-0.25, -0.2) is 4.98 Å². The standard InChI is InChI=1S/C24H25ClN4O2S/c1-17-8-14-32-22(17)24(31)29-12-10-28(11-13-29)21-6-5-19(16-27-21)23(30)26-9-7-18-3-2-4-20(25)15-18/h2-6,8,14-16H,7,9-13H2,1H3,(H,26,30). The summed E-state index contributed by atoms with van der Waals surface area (Å²) in [6, 6.07) is 13.3. The summed E-state index contributed by atoms with van der Waals surface area (Å²) in [6.45, 7) is 5.25. The van der Waals surface area contributed by atoms with Crippen molar-refractivity contribution >= 4 is 40.6 Å². The smallest absolute Gasteiger partial charge is 0.264 e. The van der Waals surface area contributed by atoms with Crippen LogP contribution in [0.15, 0.2) is 54.0 Å². The highest BCUT2D eigenvalue weighted by Crippen LogP contribution is 2.20. The Bertz CT molecular complexity index is 1090. The molecule has 1 aliphatic rings. The molecule has 166 valence electrons. The van der Waals surface area contributed by atoms with Crippen LogP contribution in [0.1, 0.15) is 31.2 Å². The van der Waals surface area contributed by atoms with Gasteiger partial charge in [0.15, 0.2) is 0 Å². The van der Waals surface area contributed by atoms with Gasteiger partial charge in [-0.05, 0) is 60.2 Å². The molecule has 6 nitrogen and oxygen atoms in total. The molecule has 0 bridgehead atoms. The molecule has 1 saturated heterocycles. The van der Waals surface area contributed by atoms with Crippen molar-refractivity contribution in [3.05, 3.63) is 80.6 Å². The SMILES string of the molecule is Cc1ccsc1C(=O)N1CCN(c2ccc(C(=O)NCCc3cccc(Cl)c3)cn2)CC1. The molecule has 0 aliphatic carbocycles. The number of anilines is 1. The van der Waals surface area contributed by atoms with Crippen LogP contribution in [0.4, 0.5) is 5.82 Å². The maximum absolute atomic E-state index is 12.7. The van der Waals surface area contributed by atoms with Crippen LogP contribution in [0, 0.1) is 6.92 Å². The van der Waals surface area contributed by atoms with Crippen LogP contribution in [0.2, 0.25) is 5.02 Å². The van der Waals surface area contributed by atoms with Crippen LogP contribution in [0.25, 0.3) is 0 Å². The number of carbonyl (C=O) groups is 2. The average molecular weight is 469 g/mol. The molecule has 2 aromatic heterocycles. The van der Waals surface area contributed by atoms with E-state index >= 15 is 0 Å². The predicted octanol–water partition coefficient (Wildman–Crippen LogP) is 4.04. The summed E-state index contributed by atoms with van der Waals surface area (Å²) in [7, 11) is 0. The monoisotopic (exact) mass is 468 g/mol. The maximum Gasteiger partial charge on any atom is 0.264 e. The normalized spacial score (nSPS) is 13.8. The molecule has 0 spiro atoms. The van der Waals surface area contributed by atoms with E-state index in [1.165, 1.54) is 11.3 Å². The summed E-state index contributed by atoms with van der Waals surface area (Å²) >= 11 is 7.49. The maximum atomic E-state index is 12.7. The Morgan fingerprint density at radius 2 is 1.94 bits per heavy atom. The number of halogens is 1.